The van der Waals surface area contributed by atoms with E-state index in [1.807, 2.05) is 22.7 Å². The van der Waals surface area contributed by atoms with Crippen LogP contribution >= 0.6 is 22.7 Å². The van der Waals surface area contributed by atoms with Crippen LogP contribution in [0.4, 0.5) is 0 Å². The normalized spacial score (nSPS) is 12.1. The van der Waals surface area contributed by atoms with E-state index in [2.05, 4.69) is 120 Å². The molecule has 39 heavy (non-hydrogen) atoms. The second-order valence-electron chi connectivity index (χ2n) is 9.80. The summed E-state index contributed by atoms with van der Waals surface area (Å²) >= 11 is 3.69. The molecule has 9 rings (SSSR count). The molecule has 0 aliphatic rings. The van der Waals surface area contributed by atoms with Gasteiger partial charge >= 0.3 is 0 Å². The summed E-state index contributed by atoms with van der Waals surface area (Å²) in [6, 6.07) is 40.8. The van der Waals surface area contributed by atoms with Gasteiger partial charge in [-0.05, 0) is 18.2 Å². The zero-order valence-electron chi connectivity index (χ0n) is 20.6. The van der Waals surface area contributed by atoms with Gasteiger partial charge in [0.05, 0.1) is 36.3 Å². The van der Waals surface area contributed by atoms with Crippen LogP contribution in [0.2, 0.25) is 0 Å². The standard InChI is InChI=1S/C34H19N3S2/c1-2-10-20(11-3-1)29-33-30(25-19-18-24-23-14-6-9-17-28(23)38-31(24)32(25)39-33)36-34(35-29)37-26-15-7-4-12-21(26)22-13-5-8-16-27(22)37/h1-19H. The summed E-state index contributed by atoms with van der Waals surface area (Å²) in [6.07, 6.45) is 0. The van der Waals surface area contributed by atoms with Gasteiger partial charge in [0.15, 0.2) is 0 Å². The molecular weight excluding hydrogens is 515 g/mol. The molecule has 5 heteroatoms. The fraction of sp³-hybridized carbons (Fsp3) is 0. The molecule has 3 nitrogen and oxygen atoms in total. The van der Waals surface area contributed by atoms with Gasteiger partial charge in [0.2, 0.25) is 5.95 Å². The molecule has 0 radical (unpaired) electrons. The van der Waals surface area contributed by atoms with Crippen molar-refractivity contribution in [2.24, 2.45) is 0 Å². The van der Waals surface area contributed by atoms with Gasteiger partial charge < -0.3 is 0 Å². The average Bonchev–Trinajstić information content (AvgIpc) is 3.67. The molecule has 182 valence electrons. The lowest BCUT2D eigenvalue weighted by atomic mass is 10.1. The maximum Gasteiger partial charge on any atom is 0.235 e. The van der Waals surface area contributed by atoms with E-state index >= 15 is 0 Å². The third-order valence-electron chi connectivity index (χ3n) is 7.64. The summed E-state index contributed by atoms with van der Waals surface area (Å²) in [6.45, 7) is 0. The van der Waals surface area contributed by atoms with Crippen LogP contribution in [0.5, 0.6) is 0 Å². The van der Waals surface area contributed by atoms with Gasteiger partial charge in [0.1, 0.15) is 0 Å². The van der Waals surface area contributed by atoms with E-state index in [0.29, 0.717) is 5.95 Å². The minimum absolute atomic E-state index is 0.704. The quantitative estimate of drug-likeness (QED) is 0.221. The van der Waals surface area contributed by atoms with Crippen molar-refractivity contribution in [2.75, 3.05) is 0 Å². The Morgan fingerprint density at radius 2 is 1.08 bits per heavy atom. The van der Waals surface area contributed by atoms with E-state index in [9.17, 15) is 0 Å². The van der Waals surface area contributed by atoms with Crippen molar-refractivity contribution in [2.45, 2.75) is 0 Å². The fourth-order valence-corrected chi connectivity index (χ4v) is 8.49. The van der Waals surface area contributed by atoms with Gasteiger partial charge in [-0.25, -0.2) is 9.97 Å². The molecule has 0 spiro atoms. The molecule has 0 saturated heterocycles. The summed E-state index contributed by atoms with van der Waals surface area (Å²) in [7, 11) is 0. The Labute approximate surface area is 231 Å². The summed E-state index contributed by atoms with van der Waals surface area (Å²) in [5.41, 5.74) is 5.33. The maximum absolute atomic E-state index is 5.32. The van der Waals surface area contributed by atoms with Crippen LogP contribution < -0.4 is 0 Å². The second-order valence-corrected chi connectivity index (χ2v) is 11.9. The smallest absolute Gasteiger partial charge is 0.235 e. The average molecular weight is 534 g/mol. The van der Waals surface area contributed by atoms with Crippen molar-refractivity contribution in [3.05, 3.63) is 115 Å². The van der Waals surface area contributed by atoms with Crippen LogP contribution in [0.3, 0.4) is 0 Å². The molecule has 0 aliphatic heterocycles. The number of benzene rings is 5. The van der Waals surface area contributed by atoms with Gasteiger partial charge in [0.25, 0.3) is 0 Å². The van der Waals surface area contributed by atoms with Crippen molar-refractivity contribution in [3.63, 3.8) is 0 Å². The molecule has 0 amide bonds. The second kappa shape index (κ2) is 7.96. The number of hydrogen-bond donors (Lipinski definition) is 0. The van der Waals surface area contributed by atoms with Gasteiger partial charge in [-0.2, -0.15) is 0 Å². The minimum Gasteiger partial charge on any atom is -0.278 e. The Balaban J connectivity index is 1.45. The molecule has 0 atom stereocenters. The highest BCUT2D eigenvalue weighted by molar-refractivity contribution is 7.33. The maximum atomic E-state index is 5.32. The number of aromatic nitrogens is 3. The van der Waals surface area contributed by atoms with E-state index in [4.69, 9.17) is 9.97 Å². The molecule has 0 aliphatic carbocycles. The van der Waals surface area contributed by atoms with Gasteiger partial charge in [-0.3, -0.25) is 4.57 Å². The predicted molar refractivity (Wildman–Crippen MR) is 168 cm³/mol. The SMILES string of the molecule is c1ccc(-c2nc(-n3c4ccccc4c4ccccc43)nc3c2sc2c3ccc3c4ccccc4sc32)cc1. The molecule has 0 N–H and O–H groups in total. The largest absolute Gasteiger partial charge is 0.278 e. The van der Waals surface area contributed by atoms with E-state index in [1.54, 1.807) is 0 Å². The van der Waals surface area contributed by atoms with Gasteiger partial charge in [0, 0.05) is 37.2 Å². The highest BCUT2D eigenvalue weighted by atomic mass is 32.1. The monoisotopic (exact) mass is 533 g/mol. The van der Waals surface area contributed by atoms with E-state index < -0.39 is 0 Å². The summed E-state index contributed by atoms with van der Waals surface area (Å²) in [4.78, 5) is 10.6. The molecule has 5 aromatic carbocycles. The summed E-state index contributed by atoms with van der Waals surface area (Å²) < 4.78 is 7.28. The van der Waals surface area contributed by atoms with Crippen molar-refractivity contribution in [3.8, 4) is 17.2 Å². The number of fused-ring (bicyclic) bond motifs is 10. The lowest BCUT2D eigenvalue weighted by Gasteiger charge is -2.10. The zero-order valence-corrected chi connectivity index (χ0v) is 22.3. The van der Waals surface area contributed by atoms with Crippen molar-refractivity contribution in [1.82, 2.24) is 14.5 Å². The number of para-hydroxylation sites is 2. The molecule has 0 fully saturated rings. The first kappa shape index (κ1) is 21.4. The number of hydrogen-bond acceptors (Lipinski definition) is 4. The number of nitrogens with zero attached hydrogens (tertiary/aromatic N) is 3. The fourth-order valence-electron chi connectivity index (χ4n) is 5.90. The topological polar surface area (TPSA) is 30.7 Å². The van der Waals surface area contributed by atoms with E-state index in [0.717, 1.165) is 32.5 Å². The molecule has 4 heterocycles. The predicted octanol–water partition coefficient (Wildman–Crippen LogP) is 9.98. The number of rotatable bonds is 2. The first-order valence-electron chi connectivity index (χ1n) is 12.9. The summed E-state index contributed by atoms with van der Waals surface area (Å²) in [5.74, 6) is 0.704. The molecule has 4 aromatic heterocycles. The van der Waals surface area contributed by atoms with Gasteiger partial charge in [-0.15, -0.1) is 22.7 Å². The Kier molecular flexibility index (Phi) is 4.36. The first-order chi connectivity index (χ1) is 19.3. The van der Waals surface area contributed by atoms with Crippen LogP contribution in [0.1, 0.15) is 0 Å². The van der Waals surface area contributed by atoms with E-state index in [1.165, 1.54) is 41.0 Å². The highest BCUT2D eigenvalue weighted by Crippen LogP contribution is 2.46. The molecule has 9 aromatic rings. The van der Waals surface area contributed by atoms with E-state index in [-0.39, 0.29) is 0 Å². The molecule has 0 saturated carbocycles. The van der Waals surface area contributed by atoms with Crippen molar-refractivity contribution in [1.29, 1.82) is 0 Å². The van der Waals surface area contributed by atoms with Crippen molar-refractivity contribution < 1.29 is 0 Å². The van der Waals surface area contributed by atoms with Crippen LogP contribution in [0.25, 0.3) is 79.5 Å². The van der Waals surface area contributed by atoms with Crippen LogP contribution in [-0.2, 0) is 0 Å². The Hall–Kier alpha value is -4.58. The Morgan fingerprint density at radius 3 is 1.85 bits per heavy atom. The van der Waals surface area contributed by atoms with Crippen molar-refractivity contribution >= 4 is 85.0 Å². The number of thiophene rings is 2. The molecule has 0 unspecified atom stereocenters. The van der Waals surface area contributed by atoms with Crippen LogP contribution in [-0.4, -0.2) is 14.5 Å². The highest BCUT2D eigenvalue weighted by Gasteiger charge is 2.21. The summed E-state index contributed by atoms with van der Waals surface area (Å²) in [5, 5.41) is 6.24. The lowest BCUT2D eigenvalue weighted by molar-refractivity contribution is 1.02. The first-order valence-corrected chi connectivity index (χ1v) is 14.6. The Morgan fingerprint density at radius 1 is 0.462 bits per heavy atom. The zero-order chi connectivity index (χ0) is 25.5. The third-order valence-corrected chi connectivity index (χ3v) is 10.2. The Bertz CT molecular complexity index is 2340. The third kappa shape index (κ3) is 2.97. The molecular formula is C34H19N3S2. The lowest BCUT2D eigenvalue weighted by Crippen LogP contribution is -2.02. The van der Waals surface area contributed by atoms with Crippen LogP contribution in [0.15, 0.2) is 115 Å². The van der Waals surface area contributed by atoms with Gasteiger partial charge in [-0.1, -0.05) is 97.1 Å². The molecule has 0 bridgehead atoms. The van der Waals surface area contributed by atoms with Crippen LogP contribution in [0, 0.1) is 0 Å². The minimum atomic E-state index is 0.704.